The van der Waals surface area contributed by atoms with Gasteiger partial charge in [0.25, 0.3) is 5.91 Å². The Morgan fingerprint density at radius 2 is 1.89 bits per heavy atom. The summed E-state index contributed by atoms with van der Waals surface area (Å²) in [4.78, 5) is 20.5. The number of carbonyl (C=O) groups is 1. The molecule has 136 valence electrons. The molecule has 1 amide bonds. The zero-order chi connectivity index (χ0) is 18.7. The third-order valence-electron chi connectivity index (χ3n) is 5.66. The maximum absolute atomic E-state index is 13.3. The molecule has 1 aromatic heterocycles. The Balaban J connectivity index is 1.56. The lowest BCUT2D eigenvalue weighted by atomic mass is 9.93. The van der Waals surface area contributed by atoms with Gasteiger partial charge < -0.3 is 14.6 Å². The lowest BCUT2D eigenvalue weighted by Crippen LogP contribution is -2.42. The van der Waals surface area contributed by atoms with E-state index in [4.69, 9.17) is 17.0 Å². The highest BCUT2D eigenvalue weighted by molar-refractivity contribution is 7.80. The molecular weight excluding hydrogens is 358 g/mol. The number of aromatic amines is 1. The highest BCUT2D eigenvalue weighted by Gasteiger charge is 2.49. The van der Waals surface area contributed by atoms with Crippen LogP contribution in [0.5, 0.6) is 5.75 Å². The van der Waals surface area contributed by atoms with E-state index in [9.17, 15) is 4.79 Å². The molecule has 2 aromatic carbocycles. The zero-order valence-electron chi connectivity index (χ0n) is 15.1. The van der Waals surface area contributed by atoms with Crippen LogP contribution in [0.1, 0.15) is 24.2 Å². The van der Waals surface area contributed by atoms with E-state index in [2.05, 4.69) is 28.9 Å². The summed E-state index contributed by atoms with van der Waals surface area (Å²) in [7, 11) is 1.63. The zero-order valence-corrected chi connectivity index (χ0v) is 15.9. The monoisotopic (exact) mass is 377 g/mol. The summed E-state index contributed by atoms with van der Waals surface area (Å²) in [5.74, 6) is 0.789. The van der Waals surface area contributed by atoms with Gasteiger partial charge in [-0.25, -0.2) is 0 Å². The maximum atomic E-state index is 13.3. The van der Waals surface area contributed by atoms with E-state index in [0.717, 1.165) is 22.6 Å². The lowest BCUT2D eigenvalue weighted by Gasteiger charge is -2.34. The number of carbonyl (C=O) groups excluding carboxylic acids is 1. The highest BCUT2D eigenvalue weighted by Crippen LogP contribution is 2.41. The van der Waals surface area contributed by atoms with Crippen LogP contribution in [0, 0.1) is 0 Å². The average Bonchev–Trinajstić information content (AvgIpc) is 3.18. The molecule has 2 atom stereocenters. The number of benzene rings is 2. The Hall–Kier alpha value is -2.86. The fourth-order valence-corrected chi connectivity index (χ4v) is 4.81. The number of rotatable bonds is 2. The molecule has 5 rings (SSSR count). The summed E-state index contributed by atoms with van der Waals surface area (Å²) in [6.07, 6.45) is 0.662. The van der Waals surface area contributed by atoms with Crippen molar-refractivity contribution in [3.63, 3.8) is 0 Å². The molecule has 27 heavy (non-hydrogen) atoms. The smallest absolute Gasteiger partial charge is 0.256 e. The molecule has 0 radical (unpaired) electrons. The predicted octanol–water partition coefficient (Wildman–Crippen LogP) is 3.80. The van der Waals surface area contributed by atoms with Crippen molar-refractivity contribution in [2.75, 3.05) is 12.0 Å². The van der Waals surface area contributed by atoms with Crippen LogP contribution in [0.3, 0.4) is 0 Å². The van der Waals surface area contributed by atoms with Gasteiger partial charge in [0.2, 0.25) is 0 Å². The number of H-pyrrole nitrogens is 1. The number of hydrogen-bond donors (Lipinski definition) is 1. The number of fused-ring (bicyclic) bond motifs is 4. The van der Waals surface area contributed by atoms with E-state index in [0.29, 0.717) is 11.5 Å². The number of aromatic nitrogens is 1. The Bertz CT molecular complexity index is 1070. The van der Waals surface area contributed by atoms with Crippen molar-refractivity contribution in [1.82, 2.24) is 9.88 Å². The van der Waals surface area contributed by atoms with Gasteiger partial charge >= 0.3 is 0 Å². The summed E-state index contributed by atoms with van der Waals surface area (Å²) >= 11 is 5.73. The summed E-state index contributed by atoms with van der Waals surface area (Å²) < 4.78 is 5.22. The van der Waals surface area contributed by atoms with Gasteiger partial charge in [0, 0.05) is 23.0 Å². The van der Waals surface area contributed by atoms with E-state index >= 15 is 0 Å². The Morgan fingerprint density at radius 3 is 2.63 bits per heavy atom. The fraction of sp³-hybridized carbons (Fsp3) is 0.238. The molecule has 2 aliphatic rings. The third-order valence-corrected chi connectivity index (χ3v) is 6.06. The first-order valence-electron chi connectivity index (χ1n) is 9.00. The minimum absolute atomic E-state index is 0.0193. The largest absolute Gasteiger partial charge is 0.497 e. The van der Waals surface area contributed by atoms with Crippen molar-refractivity contribution in [3.8, 4) is 5.75 Å². The van der Waals surface area contributed by atoms with Crippen molar-refractivity contribution in [1.29, 1.82) is 0 Å². The van der Waals surface area contributed by atoms with Crippen molar-refractivity contribution >= 4 is 39.8 Å². The number of para-hydroxylation sites is 1. The maximum Gasteiger partial charge on any atom is 0.256 e. The van der Waals surface area contributed by atoms with Crippen molar-refractivity contribution in [2.45, 2.75) is 25.4 Å². The quantitative estimate of drug-likeness (QED) is 0.690. The van der Waals surface area contributed by atoms with Crippen LogP contribution in [0.4, 0.5) is 5.69 Å². The molecule has 6 heteroatoms. The first-order valence-corrected chi connectivity index (χ1v) is 9.40. The number of methoxy groups -OCH3 is 1. The fourth-order valence-electron chi connectivity index (χ4n) is 4.33. The van der Waals surface area contributed by atoms with Gasteiger partial charge in [0.1, 0.15) is 11.8 Å². The van der Waals surface area contributed by atoms with Gasteiger partial charge in [-0.2, -0.15) is 0 Å². The summed E-state index contributed by atoms with van der Waals surface area (Å²) in [6.45, 7) is 2.11. The molecule has 3 heterocycles. The van der Waals surface area contributed by atoms with Gasteiger partial charge in [-0.3, -0.25) is 9.69 Å². The Morgan fingerprint density at radius 1 is 1.15 bits per heavy atom. The van der Waals surface area contributed by atoms with Crippen molar-refractivity contribution in [2.24, 2.45) is 0 Å². The number of thiocarbonyl (C=S) groups is 1. The molecule has 1 fully saturated rings. The number of anilines is 1. The number of nitrogens with zero attached hydrogens (tertiary/aromatic N) is 2. The summed E-state index contributed by atoms with van der Waals surface area (Å²) in [6, 6.07) is 15.5. The van der Waals surface area contributed by atoms with Crippen molar-refractivity contribution in [3.05, 3.63) is 59.8 Å². The minimum atomic E-state index is -0.263. The van der Waals surface area contributed by atoms with Crippen LogP contribution >= 0.6 is 12.2 Å². The molecule has 0 aliphatic carbocycles. The predicted molar refractivity (Wildman–Crippen MR) is 109 cm³/mol. The Labute approximate surface area is 162 Å². The van der Waals surface area contributed by atoms with Crippen LogP contribution in [-0.4, -0.2) is 34.1 Å². The molecule has 0 spiro atoms. The van der Waals surface area contributed by atoms with Crippen LogP contribution in [0.15, 0.2) is 48.5 Å². The number of amides is 1. The number of nitrogens with one attached hydrogen (secondary N) is 1. The molecule has 1 N–H and O–H groups in total. The standard InChI is InChI=1S/C21H19N3O2S/c1-12-19-16(15-5-3-4-6-17(15)22-19)11-18-20(25)24(21(27)23(12)18)13-7-9-14(26-2)10-8-13/h3-10,12,18,22H,11H2,1-2H3/t12-,18-/m0/s1. The van der Waals surface area contributed by atoms with E-state index < -0.39 is 0 Å². The topological polar surface area (TPSA) is 48.6 Å². The normalized spacial score (nSPS) is 21.6. The molecule has 0 saturated carbocycles. The van der Waals surface area contributed by atoms with Crippen LogP contribution in [-0.2, 0) is 11.2 Å². The Kier molecular flexibility index (Phi) is 3.52. The van der Waals surface area contributed by atoms with Crippen molar-refractivity contribution < 1.29 is 9.53 Å². The van der Waals surface area contributed by atoms with E-state index in [1.807, 2.05) is 36.4 Å². The first kappa shape index (κ1) is 16.3. The van der Waals surface area contributed by atoms with Gasteiger partial charge in [-0.1, -0.05) is 18.2 Å². The highest BCUT2D eigenvalue weighted by atomic mass is 32.1. The lowest BCUT2D eigenvalue weighted by molar-refractivity contribution is -0.120. The number of hydrogen-bond acceptors (Lipinski definition) is 3. The van der Waals surface area contributed by atoms with Gasteiger partial charge in [-0.15, -0.1) is 0 Å². The molecule has 3 aromatic rings. The molecular formula is C21H19N3O2S. The van der Waals surface area contributed by atoms with E-state index in [1.54, 1.807) is 12.0 Å². The SMILES string of the molecule is COc1ccc(N2C(=O)[C@@H]3Cc4c([nH]c5ccccc45)[C@H](C)N3C2=S)cc1. The summed E-state index contributed by atoms with van der Waals surface area (Å²) in [5.41, 5.74) is 4.27. The molecule has 0 unspecified atom stereocenters. The van der Waals surface area contributed by atoms with Crippen LogP contribution in [0.25, 0.3) is 10.9 Å². The molecule has 0 bridgehead atoms. The first-order chi connectivity index (χ1) is 13.1. The minimum Gasteiger partial charge on any atom is -0.497 e. The third kappa shape index (κ3) is 2.23. The van der Waals surface area contributed by atoms with E-state index in [1.165, 1.54) is 10.9 Å². The molecule has 5 nitrogen and oxygen atoms in total. The summed E-state index contributed by atoms with van der Waals surface area (Å²) in [5, 5.41) is 1.76. The van der Waals surface area contributed by atoms with Gasteiger partial charge in [-0.05, 0) is 55.0 Å². The second kappa shape index (κ2) is 5.82. The van der Waals surface area contributed by atoms with Crippen LogP contribution in [0.2, 0.25) is 0 Å². The van der Waals surface area contributed by atoms with E-state index in [-0.39, 0.29) is 18.0 Å². The van der Waals surface area contributed by atoms with Gasteiger partial charge in [0.05, 0.1) is 18.8 Å². The average molecular weight is 377 g/mol. The second-order valence-electron chi connectivity index (χ2n) is 7.02. The van der Waals surface area contributed by atoms with Gasteiger partial charge in [0.15, 0.2) is 5.11 Å². The molecule has 1 saturated heterocycles. The second-order valence-corrected chi connectivity index (χ2v) is 7.39. The number of ether oxygens (including phenoxy) is 1. The van der Waals surface area contributed by atoms with Crippen LogP contribution < -0.4 is 9.64 Å². The molecule has 2 aliphatic heterocycles.